The molecule has 2 unspecified atom stereocenters. The molecule has 20 heavy (non-hydrogen) atoms. The molecule has 3 rings (SSSR count). The fourth-order valence-corrected chi connectivity index (χ4v) is 3.34. The normalized spacial score (nSPS) is 26.1. The van der Waals surface area contributed by atoms with Gasteiger partial charge < -0.3 is 14.8 Å². The maximum atomic E-state index is 5.55. The summed E-state index contributed by atoms with van der Waals surface area (Å²) in [5, 5.41) is 3.75. The van der Waals surface area contributed by atoms with Crippen molar-refractivity contribution in [2.45, 2.75) is 38.1 Å². The highest BCUT2D eigenvalue weighted by Crippen LogP contribution is 2.25. The van der Waals surface area contributed by atoms with Crippen molar-refractivity contribution in [1.82, 2.24) is 5.32 Å². The van der Waals surface area contributed by atoms with E-state index in [2.05, 4.69) is 23.5 Å². The number of methoxy groups -OCH3 is 1. The van der Waals surface area contributed by atoms with E-state index < -0.39 is 0 Å². The summed E-state index contributed by atoms with van der Waals surface area (Å²) in [6.07, 6.45) is 6.08. The first kappa shape index (κ1) is 13.9. The van der Waals surface area contributed by atoms with Crippen molar-refractivity contribution in [2.75, 3.05) is 26.9 Å². The van der Waals surface area contributed by atoms with Crippen LogP contribution in [0.3, 0.4) is 0 Å². The number of nitrogens with one attached hydrogen (secondary N) is 1. The molecule has 0 spiro atoms. The fraction of sp³-hybridized carbons (Fsp3) is 0.647. The highest BCUT2D eigenvalue weighted by atomic mass is 16.5. The fourth-order valence-electron chi connectivity index (χ4n) is 3.34. The van der Waals surface area contributed by atoms with Gasteiger partial charge in [-0.3, -0.25) is 0 Å². The van der Waals surface area contributed by atoms with E-state index in [1.807, 2.05) is 0 Å². The number of benzene rings is 1. The summed E-state index contributed by atoms with van der Waals surface area (Å²) in [5.41, 5.74) is 2.94. The van der Waals surface area contributed by atoms with E-state index in [0.717, 1.165) is 31.9 Å². The van der Waals surface area contributed by atoms with E-state index in [1.165, 1.54) is 36.8 Å². The predicted octanol–water partition coefficient (Wildman–Crippen LogP) is 2.57. The number of hydrogen-bond acceptors (Lipinski definition) is 3. The zero-order chi connectivity index (χ0) is 13.8. The Morgan fingerprint density at radius 3 is 3.05 bits per heavy atom. The molecule has 0 radical (unpaired) electrons. The molecule has 110 valence electrons. The van der Waals surface area contributed by atoms with Gasteiger partial charge in [-0.1, -0.05) is 6.07 Å². The average molecular weight is 275 g/mol. The van der Waals surface area contributed by atoms with Crippen LogP contribution in [-0.2, 0) is 17.6 Å². The van der Waals surface area contributed by atoms with Crippen LogP contribution in [0.5, 0.6) is 5.75 Å². The number of ether oxygens (including phenoxy) is 2. The van der Waals surface area contributed by atoms with Gasteiger partial charge in [0.25, 0.3) is 0 Å². The van der Waals surface area contributed by atoms with Crippen LogP contribution < -0.4 is 10.1 Å². The van der Waals surface area contributed by atoms with E-state index in [-0.39, 0.29) is 0 Å². The van der Waals surface area contributed by atoms with Gasteiger partial charge in [0.2, 0.25) is 0 Å². The minimum absolute atomic E-state index is 0.608. The van der Waals surface area contributed by atoms with Crippen molar-refractivity contribution >= 4 is 0 Å². The Hall–Kier alpha value is -1.06. The summed E-state index contributed by atoms with van der Waals surface area (Å²) in [6.45, 7) is 2.99. The highest BCUT2D eigenvalue weighted by Gasteiger charge is 2.21. The largest absolute Gasteiger partial charge is 0.497 e. The summed E-state index contributed by atoms with van der Waals surface area (Å²) < 4.78 is 10.9. The van der Waals surface area contributed by atoms with Gasteiger partial charge in [-0.25, -0.2) is 0 Å². The molecule has 0 saturated carbocycles. The highest BCUT2D eigenvalue weighted by molar-refractivity contribution is 5.37. The van der Waals surface area contributed by atoms with E-state index >= 15 is 0 Å². The predicted molar refractivity (Wildman–Crippen MR) is 80.4 cm³/mol. The number of fused-ring (bicyclic) bond motifs is 1. The lowest BCUT2D eigenvalue weighted by Gasteiger charge is -2.29. The maximum absolute atomic E-state index is 5.55. The topological polar surface area (TPSA) is 30.5 Å². The lowest BCUT2D eigenvalue weighted by molar-refractivity contribution is 0.0536. The molecule has 1 fully saturated rings. The molecule has 0 aromatic heterocycles. The Morgan fingerprint density at radius 1 is 1.30 bits per heavy atom. The van der Waals surface area contributed by atoms with Gasteiger partial charge in [0, 0.05) is 19.2 Å². The van der Waals surface area contributed by atoms with Crippen LogP contribution in [0.1, 0.15) is 30.4 Å². The summed E-state index contributed by atoms with van der Waals surface area (Å²) in [7, 11) is 1.74. The van der Waals surface area contributed by atoms with Crippen molar-refractivity contribution in [3.8, 4) is 5.75 Å². The van der Waals surface area contributed by atoms with Crippen LogP contribution in [0.4, 0.5) is 0 Å². The van der Waals surface area contributed by atoms with E-state index in [1.54, 1.807) is 7.11 Å². The Labute approximate surface area is 121 Å². The van der Waals surface area contributed by atoms with Crippen LogP contribution in [0.25, 0.3) is 0 Å². The Balaban J connectivity index is 1.54. The Kier molecular flexibility index (Phi) is 4.58. The molecule has 1 aliphatic carbocycles. The van der Waals surface area contributed by atoms with Crippen LogP contribution in [0.2, 0.25) is 0 Å². The standard InChI is InChI=1S/C17H25NO2/c1-19-17-7-5-14-4-6-16(9-15(14)10-17)18-11-13-3-2-8-20-12-13/h5,7,10,13,16,18H,2-4,6,8-9,11-12H2,1H3. The maximum Gasteiger partial charge on any atom is 0.119 e. The van der Waals surface area contributed by atoms with E-state index in [4.69, 9.17) is 9.47 Å². The van der Waals surface area contributed by atoms with Crippen LogP contribution in [0, 0.1) is 5.92 Å². The molecule has 1 N–H and O–H groups in total. The smallest absolute Gasteiger partial charge is 0.119 e. The molecule has 1 heterocycles. The zero-order valence-corrected chi connectivity index (χ0v) is 12.4. The van der Waals surface area contributed by atoms with Gasteiger partial charge in [-0.2, -0.15) is 0 Å². The quantitative estimate of drug-likeness (QED) is 0.916. The number of rotatable bonds is 4. The van der Waals surface area contributed by atoms with Crippen molar-refractivity contribution in [2.24, 2.45) is 5.92 Å². The molecule has 1 aromatic carbocycles. The zero-order valence-electron chi connectivity index (χ0n) is 12.4. The van der Waals surface area contributed by atoms with Crippen molar-refractivity contribution in [3.05, 3.63) is 29.3 Å². The minimum atomic E-state index is 0.608. The molecule has 2 atom stereocenters. The lowest BCUT2D eigenvalue weighted by atomic mass is 9.87. The third kappa shape index (κ3) is 3.33. The summed E-state index contributed by atoms with van der Waals surface area (Å²) in [5.74, 6) is 1.68. The molecule has 1 saturated heterocycles. The van der Waals surface area contributed by atoms with Gasteiger partial charge >= 0.3 is 0 Å². The van der Waals surface area contributed by atoms with Gasteiger partial charge in [0.1, 0.15) is 5.75 Å². The molecule has 0 amide bonds. The third-order valence-electron chi connectivity index (χ3n) is 4.59. The third-order valence-corrected chi connectivity index (χ3v) is 4.59. The first-order chi connectivity index (χ1) is 9.85. The molecule has 1 aliphatic heterocycles. The lowest BCUT2D eigenvalue weighted by Crippen LogP contribution is -2.39. The van der Waals surface area contributed by atoms with E-state index in [0.29, 0.717) is 12.0 Å². The second-order valence-corrected chi connectivity index (χ2v) is 6.07. The van der Waals surface area contributed by atoms with Crippen molar-refractivity contribution in [1.29, 1.82) is 0 Å². The first-order valence-corrected chi connectivity index (χ1v) is 7.82. The van der Waals surface area contributed by atoms with Gasteiger partial charge in [0.05, 0.1) is 13.7 Å². The van der Waals surface area contributed by atoms with Crippen molar-refractivity contribution < 1.29 is 9.47 Å². The second-order valence-electron chi connectivity index (χ2n) is 6.07. The molecular weight excluding hydrogens is 250 g/mol. The van der Waals surface area contributed by atoms with Gasteiger partial charge in [-0.05, 0) is 61.3 Å². The number of hydrogen-bond donors (Lipinski definition) is 1. The molecule has 3 nitrogen and oxygen atoms in total. The van der Waals surface area contributed by atoms with Crippen molar-refractivity contribution in [3.63, 3.8) is 0 Å². The van der Waals surface area contributed by atoms with Crippen LogP contribution in [-0.4, -0.2) is 32.9 Å². The molecule has 1 aromatic rings. The first-order valence-electron chi connectivity index (χ1n) is 7.82. The average Bonchev–Trinajstić information content (AvgIpc) is 2.53. The van der Waals surface area contributed by atoms with Crippen LogP contribution in [0.15, 0.2) is 18.2 Å². The number of aryl methyl sites for hydroxylation is 1. The van der Waals surface area contributed by atoms with Gasteiger partial charge in [0.15, 0.2) is 0 Å². The van der Waals surface area contributed by atoms with Crippen LogP contribution >= 0.6 is 0 Å². The summed E-state index contributed by atoms with van der Waals surface area (Å²) in [4.78, 5) is 0. The molecular formula is C17H25NO2. The second kappa shape index (κ2) is 6.59. The monoisotopic (exact) mass is 275 g/mol. The molecule has 3 heteroatoms. The van der Waals surface area contributed by atoms with Gasteiger partial charge in [-0.15, -0.1) is 0 Å². The Bertz CT molecular complexity index is 441. The SMILES string of the molecule is COc1ccc2c(c1)CC(NCC1CCCOC1)CC2. The minimum Gasteiger partial charge on any atom is -0.497 e. The Morgan fingerprint density at radius 2 is 2.25 bits per heavy atom. The molecule has 0 bridgehead atoms. The summed E-state index contributed by atoms with van der Waals surface area (Å²) in [6, 6.07) is 7.11. The molecule has 2 aliphatic rings. The summed E-state index contributed by atoms with van der Waals surface area (Å²) >= 11 is 0. The van der Waals surface area contributed by atoms with E-state index in [9.17, 15) is 0 Å².